The molecule has 1 unspecified atom stereocenters. The number of hydrogen-bond acceptors (Lipinski definition) is 6. The largest absolute Gasteiger partial charge is 0.365 e. The minimum absolute atomic E-state index is 0.238. The van der Waals surface area contributed by atoms with Crippen LogP contribution in [-0.2, 0) is 11.3 Å². The molecule has 1 aliphatic heterocycles. The van der Waals surface area contributed by atoms with Crippen molar-refractivity contribution in [3.8, 4) is 11.4 Å². The highest BCUT2D eigenvalue weighted by molar-refractivity contribution is 8.04. The van der Waals surface area contributed by atoms with E-state index in [1.165, 1.54) is 11.8 Å². The van der Waals surface area contributed by atoms with Crippen LogP contribution in [0.15, 0.2) is 71.5 Å². The average Bonchev–Trinajstić information content (AvgIpc) is 3.29. The second kappa shape index (κ2) is 7.24. The molecule has 3 heterocycles. The lowest BCUT2D eigenvalue weighted by molar-refractivity contribution is -0.114. The number of primary amides is 1. The summed E-state index contributed by atoms with van der Waals surface area (Å²) in [4.78, 5) is 18.8. The van der Waals surface area contributed by atoms with Crippen LogP contribution in [0.3, 0.4) is 0 Å². The van der Waals surface area contributed by atoms with Gasteiger partial charge in [0.05, 0.1) is 16.8 Å². The highest BCUT2D eigenvalue weighted by Crippen LogP contribution is 2.45. The molecule has 1 amide bonds. The molecule has 8 heteroatoms. The maximum Gasteiger partial charge on any atom is 0.257 e. The van der Waals surface area contributed by atoms with Gasteiger partial charge in [0.1, 0.15) is 5.69 Å². The summed E-state index contributed by atoms with van der Waals surface area (Å²) in [5.74, 6) is -0.428. The summed E-state index contributed by atoms with van der Waals surface area (Å²) >= 11 is 1.39. The summed E-state index contributed by atoms with van der Waals surface area (Å²) in [6.07, 6.45) is 3.56. The van der Waals surface area contributed by atoms with Gasteiger partial charge >= 0.3 is 0 Å². The van der Waals surface area contributed by atoms with Crippen molar-refractivity contribution in [1.82, 2.24) is 24.9 Å². The third-order valence-electron chi connectivity index (χ3n) is 4.33. The first-order valence-electron chi connectivity index (χ1n) is 8.44. The first kappa shape index (κ1) is 17.3. The Bertz CT molecular complexity index is 986. The number of carbonyl (C=O) groups excluding carboxylic acids is 1. The predicted molar refractivity (Wildman–Crippen MR) is 104 cm³/mol. The Morgan fingerprint density at radius 1 is 1.15 bits per heavy atom. The highest BCUT2D eigenvalue weighted by Gasteiger charge is 2.35. The van der Waals surface area contributed by atoms with E-state index in [9.17, 15) is 4.79 Å². The number of pyridine rings is 1. The lowest BCUT2D eigenvalue weighted by Gasteiger charge is -2.27. The number of rotatable bonds is 5. The number of amides is 1. The van der Waals surface area contributed by atoms with Crippen LogP contribution in [0.1, 0.15) is 18.0 Å². The molecule has 1 aromatic carbocycles. The van der Waals surface area contributed by atoms with Crippen molar-refractivity contribution in [2.45, 2.75) is 19.0 Å². The van der Waals surface area contributed by atoms with E-state index >= 15 is 0 Å². The van der Waals surface area contributed by atoms with Crippen LogP contribution in [-0.4, -0.2) is 30.8 Å². The van der Waals surface area contributed by atoms with Crippen LogP contribution >= 0.6 is 11.8 Å². The van der Waals surface area contributed by atoms with Crippen LogP contribution < -0.4 is 5.73 Å². The first-order chi connectivity index (χ1) is 13.1. The second-order valence-corrected chi connectivity index (χ2v) is 7.20. The van der Waals surface area contributed by atoms with Crippen molar-refractivity contribution in [3.63, 3.8) is 0 Å². The lowest BCUT2D eigenvalue weighted by atomic mass is 10.2. The Morgan fingerprint density at radius 3 is 2.63 bits per heavy atom. The fourth-order valence-corrected chi connectivity index (χ4v) is 4.16. The number of hydrogen-bond donors (Lipinski definition) is 1. The van der Waals surface area contributed by atoms with Crippen molar-refractivity contribution in [2.24, 2.45) is 5.73 Å². The van der Waals surface area contributed by atoms with E-state index in [0.717, 1.165) is 17.0 Å². The van der Waals surface area contributed by atoms with Crippen LogP contribution in [0.2, 0.25) is 0 Å². The number of allylic oxidation sites excluding steroid dienone is 1. The van der Waals surface area contributed by atoms with Gasteiger partial charge in [0.25, 0.3) is 5.91 Å². The third kappa shape index (κ3) is 3.43. The van der Waals surface area contributed by atoms with E-state index in [-0.39, 0.29) is 5.50 Å². The molecule has 1 atom stereocenters. The predicted octanol–water partition coefficient (Wildman–Crippen LogP) is 2.76. The highest BCUT2D eigenvalue weighted by atomic mass is 32.2. The van der Waals surface area contributed by atoms with E-state index in [1.807, 2.05) is 49.5 Å². The SMILES string of the molecule is CC1=C(C(N)=O)SC(n2cc(-c3ccccn3)nn2)N1Cc1ccccc1. The van der Waals surface area contributed by atoms with E-state index < -0.39 is 5.91 Å². The summed E-state index contributed by atoms with van der Waals surface area (Å²) in [6, 6.07) is 15.7. The van der Waals surface area contributed by atoms with Gasteiger partial charge in [-0.25, -0.2) is 4.68 Å². The van der Waals surface area contributed by atoms with Gasteiger partial charge in [-0.15, -0.1) is 5.10 Å². The first-order valence-corrected chi connectivity index (χ1v) is 9.32. The van der Waals surface area contributed by atoms with Crippen LogP contribution in [0.5, 0.6) is 0 Å². The molecule has 7 nitrogen and oxygen atoms in total. The molecule has 3 aromatic rings. The van der Waals surface area contributed by atoms with Gasteiger partial charge in [-0.3, -0.25) is 9.78 Å². The van der Waals surface area contributed by atoms with Gasteiger partial charge in [0.2, 0.25) is 0 Å². The molecule has 0 saturated carbocycles. The molecule has 2 aromatic heterocycles. The lowest BCUT2D eigenvalue weighted by Crippen LogP contribution is -2.26. The van der Waals surface area contributed by atoms with Gasteiger partial charge in [-0.1, -0.05) is 53.4 Å². The zero-order valence-electron chi connectivity index (χ0n) is 14.7. The Hall–Kier alpha value is -3.13. The van der Waals surface area contributed by atoms with E-state index in [4.69, 9.17) is 5.73 Å². The smallest absolute Gasteiger partial charge is 0.257 e. The average molecular weight is 378 g/mol. The zero-order valence-corrected chi connectivity index (χ0v) is 15.5. The molecule has 136 valence electrons. The van der Waals surface area contributed by atoms with Gasteiger partial charge in [0, 0.05) is 18.4 Å². The van der Waals surface area contributed by atoms with E-state index in [0.29, 0.717) is 17.1 Å². The molecule has 2 N–H and O–H groups in total. The summed E-state index contributed by atoms with van der Waals surface area (Å²) in [7, 11) is 0. The maximum atomic E-state index is 11.9. The molecule has 27 heavy (non-hydrogen) atoms. The number of nitrogens with two attached hydrogens (primary N) is 1. The molecule has 0 radical (unpaired) electrons. The summed E-state index contributed by atoms with van der Waals surface area (Å²) < 4.78 is 1.75. The molecule has 0 aliphatic carbocycles. The Labute approximate surface area is 160 Å². The van der Waals surface area contributed by atoms with Crippen molar-refractivity contribution in [1.29, 1.82) is 0 Å². The summed E-state index contributed by atoms with van der Waals surface area (Å²) in [6.45, 7) is 2.55. The monoisotopic (exact) mass is 378 g/mol. The third-order valence-corrected chi connectivity index (χ3v) is 5.75. The second-order valence-electron chi connectivity index (χ2n) is 6.14. The number of benzene rings is 1. The normalized spacial score (nSPS) is 16.8. The van der Waals surface area contributed by atoms with Crippen LogP contribution in [0, 0.1) is 0 Å². The van der Waals surface area contributed by atoms with E-state index in [2.05, 4.69) is 32.3 Å². The van der Waals surface area contributed by atoms with E-state index in [1.54, 1.807) is 10.9 Å². The molecule has 4 rings (SSSR count). The maximum absolute atomic E-state index is 11.9. The van der Waals surface area contributed by atoms with Crippen LogP contribution in [0.4, 0.5) is 0 Å². The molecule has 0 spiro atoms. The number of nitrogens with zero attached hydrogens (tertiary/aromatic N) is 5. The van der Waals surface area contributed by atoms with Crippen molar-refractivity contribution >= 4 is 17.7 Å². The van der Waals surface area contributed by atoms with Crippen molar-refractivity contribution < 1.29 is 4.79 Å². The standard InChI is InChI=1S/C19H18N6OS/c1-13-17(18(20)26)27-19(24(13)11-14-7-3-2-4-8-14)25-12-16(22-23-25)15-9-5-6-10-21-15/h2-10,12,19H,11H2,1H3,(H2,20,26). The Kier molecular flexibility index (Phi) is 4.64. The fourth-order valence-electron chi connectivity index (χ4n) is 2.98. The zero-order chi connectivity index (χ0) is 18.8. The number of aromatic nitrogens is 4. The summed E-state index contributed by atoms with van der Waals surface area (Å²) in [5.41, 5.74) is 8.76. The topological polar surface area (TPSA) is 89.9 Å². The minimum Gasteiger partial charge on any atom is -0.365 e. The minimum atomic E-state index is -0.428. The summed E-state index contributed by atoms with van der Waals surface area (Å²) in [5, 5.41) is 8.52. The number of thioether (sulfide) groups is 1. The van der Waals surface area contributed by atoms with Crippen LogP contribution in [0.25, 0.3) is 11.4 Å². The molecule has 1 aliphatic rings. The van der Waals surface area contributed by atoms with Crippen molar-refractivity contribution in [3.05, 3.63) is 77.1 Å². The number of carbonyl (C=O) groups is 1. The van der Waals surface area contributed by atoms with Gasteiger partial charge in [-0.2, -0.15) is 0 Å². The quantitative estimate of drug-likeness (QED) is 0.734. The molecule has 0 fully saturated rings. The Morgan fingerprint density at radius 2 is 1.93 bits per heavy atom. The van der Waals surface area contributed by atoms with Gasteiger partial charge < -0.3 is 10.6 Å². The molecule has 0 saturated heterocycles. The van der Waals surface area contributed by atoms with Crippen molar-refractivity contribution in [2.75, 3.05) is 0 Å². The molecule has 0 bridgehead atoms. The molecular weight excluding hydrogens is 360 g/mol. The van der Waals surface area contributed by atoms with Gasteiger partial charge in [0.15, 0.2) is 5.50 Å². The molecular formula is C19H18N6OS. The Balaban J connectivity index is 1.66. The fraction of sp³-hybridized carbons (Fsp3) is 0.158. The van der Waals surface area contributed by atoms with Gasteiger partial charge in [-0.05, 0) is 24.6 Å².